The third-order valence-corrected chi connectivity index (χ3v) is 3.71. The number of aliphatic hydroxyl groups excluding tert-OH is 1. The lowest BCUT2D eigenvalue weighted by Crippen LogP contribution is -2.25. The van der Waals surface area contributed by atoms with Crippen molar-refractivity contribution in [3.8, 4) is 5.75 Å². The van der Waals surface area contributed by atoms with Crippen molar-refractivity contribution in [1.29, 1.82) is 0 Å². The molecule has 2 aromatic carbocycles. The summed E-state index contributed by atoms with van der Waals surface area (Å²) in [7, 11) is 0. The molecule has 3 rings (SSSR count). The molecule has 0 radical (unpaired) electrons. The fourth-order valence-corrected chi connectivity index (χ4v) is 2.45. The van der Waals surface area contributed by atoms with Gasteiger partial charge in [0.15, 0.2) is 0 Å². The Bertz CT molecular complexity index is 604. The van der Waals surface area contributed by atoms with Crippen molar-refractivity contribution in [2.75, 3.05) is 0 Å². The van der Waals surface area contributed by atoms with Crippen molar-refractivity contribution < 1.29 is 9.84 Å². The van der Waals surface area contributed by atoms with E-state index in [-0.39, 0.29) is 6.10 Å². The summed E-state index contributed by atoms with van der Waals surface area (Å²) in [6, 6.07) is 15.4. The van der Waals surface area contributed by atoms with Gasteiger partial charge in [-0.05, 0) is 41.5 Å². The standard InChI is InChI=1S/C16H13BrO2/c17-12-6-8-13(9-7-12)19-15-10-5-11-3-1-2-4-14(11)16(15)18/h1-10,15-16,18H/t15-,16?/m1/s1. The second-order valence-corrected chi connectivity index (χ2v) is 5.38. The molecule has 0 saturated carbocycles. The van der Waals surface area contributed by atoms with Gasteiger partial charge in [-0.1, -0.05) is 46.3 Å². The first-order chi connectivity index (χ1) is 9.24. The summed E-state index contributed by atoms with van der Waals surface area (Å²) in [5.74, 6) is 0.747. The van der Waals surface area contributed by atoms with Gasteiger partial charge in [0, 0.05) is 4.47 Å². The highest BCUT2D eigenvalue weighted by molar-refractivity contribution is 9.10. The molecule has 96 valence electrons. The lowest BCUT2D eigenvalue weighted by Gasteiger charge is -2.26. The summed E-state index contributed by atoms with van der Waals surface area (Å²) in [5.41, 5.74) is 1.96. The fraction of sp³-hybridized carbons (Fsp3) is 0.125. The summed E-state index contributed by atoms with van der Waals surface area (Å²) in [6.45, 7) is 0. The molecule has 2 nitrogen and oxygen atoms in total. The highest BCUT2D eigenvalue weighted by Gasteiger charge is 2.25. The van der Waals surface area contributed by atoms with Gasteiger partial charge in [0.05, 0.1) is 0 Å². The van der Waals surface area contributed by atoms with Crippen molar-refractivity contribution >= 4 is 22.0 Å². The van der Waals surface area contributed by atoms with Crippen LogP contribution in [0.3, 0.4) is 0 Å². The van der Waals surface area contributed by atoms with E-state index in [0.717, 1.165) is 21.3 Å². The predicted molar refractivity (Wildman–Crippen MR) is 79.0 cm³/mol. The maximum atomic E-state index is 10.4. The first kappa shape index (κ1) is 12.5. The minimum Gasteiger partial charge on any atom is -0.483 e. The lowest BCUT2D eigenvalue weighted by atomic mass is 9.93. The molecule has 1 aliphatic carbocycles. The normalized spacial score (nSPS) is 20.9. The zero-order valence-electron chi connectivity index (χ0n) is 10.2. The molecule has 0 fully saturated rings. The van der Waals surface area contributed by atoms with E-state index in [1.54, 1.807) is 0 Å². The minimum absolute atomic E-state index is 0.351. The molecule has 0 bridgehead atoms. The van der Waals surface area contributed by atoms with E-state index in [0.29, 0.717) is 0 Å². The number of benzene rings is 2. The molecule has 0 saturated heterocycles. The van der Waals surface area contributed by atoms with E-state index in [2.05, 4.69) is 15.9 Å². The van der Waals surface area contributed by atoms with Crippen LogP contribution in [-0.2, 0) is 0 Å². The summed E-state index contributed by atoms with van der Waals surface area (Å²) in [4.78, 5) is 0. The van der Waals surface area contributed by atoms with Gasteiger partial charge in [-0.15, -0.1) is 0 Å². The molecule has 3 heteroatoms. The third kappa shape index (κ3) is 2.57. The van der Waals surface area contributed by atoms with Crippen LogP contribution < -0.4 is 4.74 Å². The van der Waals surface area contributed by atoms with Gasteiger partial charge >= 0.3 is 0 Å². The molecule has 0 heterocycles. The SMILES string of the molecule is OC1c2ccccc2C=C[C@H]1Oc1ccc(Br)cc1. The Hall–Kier alpha value is -1.58. The number of halogens is 1. The molecule has 2 atom stereocenters. The molecule has 2 aromatic rings. The largest absolute Gasteiger partial charge is 0.483 e. The van der Waals surface area contributed by atoms with Crippen LogP contribution in [0.25, 0.3) is 6.08 Å². The Morgan fingerprint density at radius 1 is 1.00 bits per heavy atom. The van der Waals surface area contributed by atoms with Crippen molar-refractivity contribution in [2.24, 2.45) is 0 Å². The summed E-state index contributed by atoms with van der Waals surface area (Å²) in [6.07, 6.45) is 2.90. The molecule has 1 unspecified atom stereocenters. The van der Waals surface area contributed by atoms with Crippen LogP contribution in [0.15, 0.2) is 59.1 Å². The number of ether oxygens (including phenoxy) is 1. The van der Waals surface area contributed by atoms with Crippen molar-refractivity contribution in [2.45, 2.75) is 12.2 Å². The first-order valence-electron chi connectivity index (χ1n) is 6.11. The number of hydrogen-bond donors (Lipinski definition) is 1. The summed E-state index contributed by atoms with van der Waals surface area (Å²) < 4.78 is 6.83. The topological polar surface area (TPSA) is 29.5 Å². The molecule has 0 spiro atoms. The zero-order chi connectivity index (χ0) is 13.2. The van der Waals surface area contributed by atoms with Crippen LogP contribution in [0.2, 0.25) is 0 Å². The molecular weight excluding hydrogens is 304 g/mol. The van der Waals surface area contributed by atoms with E-state index in [1.165, 1.54) is 0 Å². The monoisotopic (exact) mass is 316 g/mol. The quantitative estimate of drug-likeness (QED) is 0.908. The van der Waals surface area contributed by atoms with Crippen LogP contribution >= 0.6 is 15.9 Å². The van der Waals surface area contributed by atoms with E-state index in [9.17, 15) is 5.11 Å². The maximum Gasteiger partial charge on any atom is 0.147 e. The van der Waals surface area contributed by atoms with Crippen LogP contribution in [0.4, 0.5) is 0 Å². The van der Waals surface area contributed by atoms with Crippen molar-refractivity contribution in [1.82, 2.24) is 0 Å². The van der Waals surface area contributed by atoms with Gasteiger partial charge < -0.3 is 9.84 Å². The van der Waals surface area contributed by atoms with Crippen LogP contribution in [0, 0.1) is 0 Å². The van der Waals surface area contributed by atoms with E-state index < -0.39 is 6.10 Å². The van der Waals surface area contributed by atoms with Crippen molar-refractivity contribution in [3.05, 3.63) is 70.2 Å². The molecule has 0 aliphatic heterocycles. The van der Waals surface area contributed by atoms with Gasteiger partial charge in [0.1, 0.15) is 18.0 Å². The minimum atomic E-state index is -0.634. The zero-order valence-corrected chi connectivity index (χ0v) is 11.7. The van der Waals surface area contributed by atoms with E-state index in [1.807, 2.05) is 60.7 Å². The predicted octanol–water partition coefficient (Wildman–Crippen LogP) is 3.96. The van der Waals surface area contributed by atoms with Gasteiger partial charge in [-0.3, -0.25) is 0 Å². The first-order valence-corrected chi connectivity index (χ1v) is 6.91. The fourth-order valence-electron chi connectivity index (χ4n) is 2.19. The number of hydrogen-bond acceptors (Lipinski definition) is 2. The number of rotatable bonds is 2. The highest BCUT2D eigenvalue weighted by Crippen LogP contribution is 2.30. The van der Waals surface area contributed by atoms with Gasteiger partial charge in [0.2, 0.25) is 0 Å². The summed E-state index contributed by atoms with van der Waals surface area (Å²) >= 11 is 3.38. The van der Waals surface area contributed by atoms with E-state index in [4.69, 9.17) is 4.74 Å². The third-order valence-electron chi connectivity index (χ3n) is 3.18. The molecule has 0 aromatic heterocycles. The van der Waals surface area contributed by atoms with Gasteiger partial charge in [0.25, 0.3) is 0 Å². The van der Waals surface area contributed by atoms with Crippen molar-refractivity contribution in [3.63, 3.8) is 0 Å². The van der Waals surface area contributed by atoms with Crippen LogP contribution in [0.1, 0.15) is 17.2 Å². The Morgan fingerprint density at radius 2 is 1.74 bits per heavy atom. The molecule has 1 N–H and O–H groups in total. The number of fused-ring (bicyclic) bond motifs is 1. The Labute approximate surface area is 120 Å². The Balaban J connectivity index is 1.83. The van der Waals surface area contributed by atoms with Gasteiger partial charge in [-0.25, -0.2) is 0 Å². The Kier molecular flexibility index (Phi) is 3.40. The van der Waals surface area contributed by atoms with Crippen LogP contribution in [0.5, 0.6) is 5.75 Å². The smallest absolute Gasteiger partial charge is 0.147 e. The lowest BCUT2D eigenvalue weighted by molar-refractivity contribution is 0.0623. The average molecular weight is 317 g/mol. The van der Waals surface area contributed by atoms with E-state index >= 15 is 0 Å². The molecular formula is C16H13BrO2. The average Bonchev–Trinajstić information content (AvgIpc) is 2.45. The highest BCUT2D eigenvalue weighted by atomic mass is 79.9. The second-order valence-electron chi connectivity index (χ2n) is 4.47. The van der Waals surface area contributed by atoms with Crippen LogP contribution in [-0.4, -0.2) is 11.2 Å². The second kappa shape index (κ2) is 5.19. The summed E-state index contributed by atoms with van der Waals surface area (Å²) in [5, 5.41) is 10.4. The molecule has 0 amide bonds. The maximum absolute atomic E-state index is 10.4. The molecule has 1 aliphatic rings. The Morgan fingerprint density at radius 3 is 2.53 bits per heavy atom. The number of aliphatic hydroxyl groups is 1. The molecule has 19 heavy (non-hydrogen) atoms. The van der Waals surface area contributed by atoms with Gasteiger partial charge in [-0.2, -0.15) is 0 Å².